The number of rotatable bonds is 7. The summed E-state index contributed by atoms with van der Waals surface area (Å²) in [5.41, 5.74) is 0.647. The number of hydrogen-bond acceptors (Lipinski definition) is 2. The van der Waals surface area contributed by atoms with Crippen LogP contribution in [0.25, 0.3) is 0 Å². The van der Waals surface area contributed by atoms with Crippen LogP contribution in [-0.4, -0.2) is 23.1 Å². The highest BCUT2D eigenvalue weighted by Gasteiger charge is 2.25. The Morgan fingerprint density at radius 2 is 2.00 bits per heavy atom. The Kier molecular flexibility index (Phi) is 6.26. The summed E-state index contributed by atoms with van der Waals surface area (Å²) >= 11 is 0. The van der Waals surface area contributed by atoms with Crippen molar-refractivity contribution in [3.63, 3.8) is 0 Å². The second kappa shape index (κ2) is 7.46. The molecule has 1 aromatic carbocycles. The fourth-order valence-corrected chi connectivity index (χ4v) is 3.90. The zero-order valence-corrected chi connectivity index (χ0v) is 12.4. The van der Waals surface area contributed by atoms with E-state index in [1.165, 1.54) is 0 Å². The van der Waals surface area contributed by atoms with E-state index >= 15 is 0 Å². The van der Waals surface area contributed by atoms with E-state index in [0.29, 0.717) is 5.69 Å². The first-order valence-corrected chi connectivity index (χ1v) is 8.61. The normalized spacial score (nSPS) is 15.5. The molecule has 4 nitrogen and oxygen atoms in total. The Morgan fingerprint density at radius 1 is 1.37 bits per heavy atom. The van der Waals surface area contributed by atoms with Crippen molar-refractivity contribution in [3.05, 3.63) is 30.3 Å². The Morgan fingerprint density at radius 3 is 2.58 bits per heavy atom. The largest absolute Gasteiger partial charge is 0.344 e. The molecule has 106 valence electrons. The van der Waals surface area contributed by atoms with Gasteiger partial charge in [0.15, 0.2) is 0 Å². The number of amides is 1. The highest BCUT2D eigenvalue weighted by atomic mass is 31.2. The van der Waals surface area contributed by atoms with E-state index in [0.717, 1.165) is 12.8 Å². The lowest BCUT2D eigenvalue weighted by Gasteiger charge is -2.16. The molecule has 5 heteroatoms. The van der Waals surface area contributed by atoms with E-state index < -0.39 is 13.3 Å². The lowest BCUT2D eigenvalue weighted by atomic mass is 10.1. The smallest absolute Gasteiger partial charge is 0.234 e. The minimum atomic E-state index is -3.38. The minimum absolute atomic E-state index is 0.172. The van der Waals surface area contributed by atoms with Gasteiger partial charge in [-0.2, -0.15) is 0 Å². The molecular weight excluding hydrogens is 261 g/mol. The molecule has 2 unspecified atom stereocenters. The summed E-state index contributed by atoms with van der Waals surface area (Å²) in [7, 11) is -3.38. The third-order valence-corrected chi connectivity index (χ3v) is 4.80. The molecule has 0 fully saturated rings. The van der Waals surface area contributed by atoms with Gasteiger partial charge in [0.2, 0.25) is 13.3 Å². The molecule has 2 N–H and O–H groups in total. The Bertz CT molecular complexity index is 447. The van der Waals surface area contributed by atoms with Crippen LogP contribution < -0.4 is 5.32 Å². The van der Waals surface area contributed by atoms with Crippen molar-refractivity contribution in [2.75, 3.05) is 17.6 Å². The molecule has 0 radical (unpaired) electrons. The molecule has 0 aliphatic carbocycles. The molecule has 0 aromatic heterocycles. The van der Waals surface area contributed by atoms with Crippen LogP contribution in [0.3, 0.4) is 0 Å². The van der Waals surface area contributed by atoms with Crippen molar-refractivity contribution in [2.45, 2.75) is 26.7 Å². The summed E-state index contributed by atoms with van der Waals surface area (Å²) < 4.78 is 12.0. The first-order chi connectivity index (χ1) is 8.93. The topological polar surface area (TPSA) is 66.4 Å². The van der Waals surface area contributed by atoms with Gasteiger partial charge in [-0.15, -0.1) is 0 Å². The maximum atomic E-state index is 12.0. The SMILES string of the molecule is CCCC(C)CP(=O)(O)CC(=O)Nc1ccccc1. The first-order valence-electron chi connectivity index (χ1n) is 6.58. The minimum Gasteiger partial charge on any atom is -0.344 e. The lowest BCUT2D eigenvalue weighted by molar-refractivity contribution is -0.114. The second-order valence-electron chi connectivity index (χ2n) is 5.00. The van der Waals surface area contributed by atoms with Crippen molar-refractivity contribution in [3.8, 4) is 0 Å². The molecule has 0 heterocycles. The van der Waals surface area contributed by atoms with Crippen LogP contribution in [0.2, 0.25) is 0 Å². The maximum Gasteiger partial charge on any atom is 0.234 e. The van der Waals surface area contributed by atoms with E-state index in [9.17, 15) is 14.3 Å². The van der Waals surface area contributed by atoms with Crippen LogP contribution in [0.15, 0.2) is 30.3 Å². The van der Waals surface area contributed by atoms with Crippen LogP contribution in [0.1, 0.15) is 26.7 Å². The van der Waals surface area contributed by atoms with Gasteiger partial charge in [0.25, 0.3) is 0 Å². The van der Waals surface area contributed by atoms with Crippen LogP contribution in [0, 0.1) is 5.92 Å². The fraction of sp³-hybridized carbons (Fsp3) is 0.500. The van der Waals surface area contributed by atoms with Gasteiger partial charge in [-0.05, 0) is 18.1 Å². The first kappa shape index (κ1) is 15.9. The predicted octanol–water partition coefficient (Wildman–Crippen LogP) is 3.33. The van der Waals surface area contributed by atoms with Gasteiger partial charge in [-0.25, -0.2) is 0 Å². The molecule has 0 saturated heterocycles. The quantitative estimate of drug-likeness (QED) is 0.754. The molecule has 1 amide bonds. The molecule has 0 bridgehead atoms. The number of hydrogen-bond donors (Lipinski definition) is 2. The molecule has 0 spiro atoms. The number of anilines is 1. The van der Waals surface area contributed by atoms with Crippen LogP contribution >= 0.6 is 7.37 Å². The van der Waals surface area contributed by atoms with E-state index in [2.05, 4.69) is 5.32 Å². The Hall–Kier alpha value is -1.12. The number of nitrogens with one attached hydrogen (secondary N) is 1. The monoisotopic (exact) mass is 283 g/mol. The maximum absolute atomic E-state index is 12.0. The average Bonchev–Trinajstić information content (AvgIpc) is 2.28. The predicted molar refractivity (Wildman–Crippen MR) is 78.7 cm³/mol. The van der Waals surface area contributed by atoms with E-state index in [1.54, 1.807) is 24.3 Å². The molecule has 0 aliphatic rings. The van der Waals surface area contributed by atoms with Crippen molar-refractivity contribution in [2.24, 2.45) is 5.92 Å². The Balaban J connectivity index is 2.49. The van der Waals surface area contributed by atoms with Gasteiger partial charge >= 0.3 is 0 Å². The average molecular weight is 283 g/mol. The van der Waals surface area contributed by atoms with Crippen molar-refractivity contribution in [1.82, 2.24) is 0 Å². The molecule has 0 saturated carbocycles. The van der Waals surface area contributed by atoms with Gasteiger partial charge in [0.1, 0.15) is 6.16 Å². The van der Waals surface area contributed by atoms with E-state index in [-0.39, 0.29) is 18.2 Å². The van der Waals surface area contributed by atoms with Gasteiger partial charge < -0.3 is 10.2 Å². The zero-order chi connectivity index (χ0) is 14.3. The van der Waals surface area contributed by atoms with Crippen LogP contribution in [-0.2, 0) is 9.36 Å². The summed E-state index contributed by atoms with van der Waals surface area (Å²) in [6.45, 7) is 3.99. The summed E-state index contributed by atoms with van der Waals surface area (Å²) in [5.74, 6) is -0.230. The summed E-state index contributed by atoms with van der Waals surface area (Å²) in [5, 5.41) is 2.63. The molecule has 0 aliphatic heterocycles. The third kappa shape index (κ3) is 6.55. The zero-order valence-electron chi connectivity index (χ0n) is 11.5. The van der Waals surface area contributed by atoms with Gasteiger partial charge in [0, 0.05) is 11.8 Å². The fourth-order valence-electron chi connectivity index (χ4n) is 2.08. The molecule has 19 heavy (non-hydrogen) atoms. The molecular formula is C14H22NO3P. The number of carbonyl (C=O) groups is 1. The number of carbonyl (C=O) groups excluding carboxylic acids is 1. The Labute approximate surface area is 114 Å². The summed E-state index contributed by atoms with van der Waals surface area (Å²) in [6.07, 6.45) is 1.79. The van der Waals surface area contributed by atoms with Crippen LogP contribution in [0.4, 0.5) is 5.69 Å². The molecule has 1 rings (SSSR count). The highest BCUT2D eigenvalue weighted by molar-refractivity contribution is 7.59. The van der Waals surface area contributed by atoms with Crippen LogP contribution in [0.5, 0.6) is 0 Å². The standard InChI is InChI=1S/C14H22NO3P/c1-3-7-12(2)10-19(17,18)11-14(16)15-13-8-5-4-6-9-13/h4-6,8-9,12H,3,7,10-11H2,1-2H3,(H,15,16)(H,17,18). The lowest BCUT2D eigenvalue weighted by Crippen LogP contribution is -2.18. The van der Waals surface area contributed by atoms with Crippen molar-refractivity contribution < 1.29 is 14.3 Å². The summed E-state index contributed by atoms with van der Waals surface area (Å²) in [4.78, 5) is 21.6. The second-order valence-corrected chi connectivity index (χ2v) is 7.37. The van der Waals surface area contributed by atoms with Gasteiger partial charge in [-0.3, -0.25) is 9.36 Å². The molecule has 2 atom stereocenters. The third-order valence-electron chi connectivity index (χ3n) is 2.83. The highest BCUT2D eigenvalue weighted by Crippen LogP contribution is 2.43. The van der Waals surface area contributed by atoms with E-state index in [4.69, 9.17) is 0 Å². The van der Waals surface area contributed by atoms with Crippen molar-refractivity contribution >= 4 is 19.0 Å². The van der Waals surface area contributed by atoms with Crippen molar-refractivity contribution in [1.29, 1.82) is 0 Å². The van der Waals surface area contributed by atoms with Gasteiger partial charge in [0.05, 0.1) is 0 Å². The number of benzene rings is 1. The van der Waals surface area contributed by atoms with E-state index in [1.807, 2.05) is 19.9 Å². The number of para-hydroxylation sites is 1. The van der Waals surface area contributed by atoms with Gasteiger partial charge in [-0.1, -0.05) is 44.9 Å². The molecule has 1 aromatic rings. The summed E-state index contributed by atoms with van der Waals surface area (Å²) in [6, 6.07) is 8.95.